The quantitative estimate of drug-likeness (QED) is 0.656. The molecule has 1 aromatic heterocycles. The van der Waals surface area contributed by atoms with E-state index in [1.165, 1.54) is 55.6 Å². The molecule has 10 heteroatoms. The van der Waals surface area contributed by atoms with Gasteiger partial charge in [-0.25, -0.2) is 22.8 Å². The van der Waals surface area contributed by atoms with Crippen LogP contribution in [-0.4, -0.2) is 31.4 Å². The number of rotatable bonds is 6. The van der Waals surface area contributed by atoms with Gasteiger partial charge in [0.1, 0.15) is 18.0 Å². The molecule has 0 aliphatic carbocycles. The summed E-state index contributed by atoms with van der Waals surface area (Å²) in [5.41, 5.74) is 0.203. The molecule has 0 saturated carbocycles. The third kappa shape index (κ3) is 4.41. The molecule has 0 bridgehead atoms. The maximum atomic E-state index is 13.7. The first-order chi connectivity index (χ1) is 13.4. The highest BCUT2D eigenvalue weighted by Crippen LogP contribution is 2.19. The summed E-state index contributed by atoms with van der Waals surface area (Å²) in [6.07, 6.45) is 1.16. The minimum absolute atomic E-state index is 0.0452. The third-order valence-corrected chi connectivity index (χ3v) is 5.00. The Kier molecular flexibility index (Phi) is 5.50. The number of nitrogens with one attached hydrogen (secondary N) is 2. The predicted octanol–water partition coefficient (Wildman–Crippen LogP) is 2.68. The second-order valence-electron chi connectivity index (χ2n) is 5.51. The maximum absolute atomic E-state index is 13.7. The molecular formula is C18H15FN4O4S. The van der Waals surface area contributed by atoms with Crippen molar-refractivity contribution in [1.82, 2.24) is 9.97 Å². The number of sulfonamides is 1. The van der Waals surface area contributed by atoms with Crippen LogP contribution in [0.5, 0.6) is 5.88 Å². The molecule has 1 heterocycles. The number of amides is 1. The molecule has 2 aromatic carbocycles. The van der Waals surface area contributed by atoms with Crippen LogP contribution in [0.25, 0.3) is 0 Å². The third-order valence-electron chi connectivity index (χ3n) is 3.63. The monoisotopic (exact) mass is 402 g/mol. The Bertz CT molecular complexity index is 1100. The van der Waals surface area contributed by atoms with Crippen LogP contribution in [-0.2, 0) is 10.0 Å². The Balaban J connectivity index is 1.74. The molecule has 0 aliphatic heterocycles. The van der Waals surface area contributed by atoms with Crippen molar-refractivity contribution in [3.05, 3.63) is 72.3 Å². The fourth-order valence-electron chi connectivity index (χ4n) is 2.26. The van der Waals surface area contributed by atoms with E-state index in [-0.39, 0.29) is 22.2 Å². The number of hydrogen-bond donors (Lipinski definition) is 2. The smallest absolute Gasteiger partial charge is 0.263 e. The van der Waals surface area contributed by atoms with Crippen LogP contribution in [0, 0.1) is 5.82 Å². The largest absolute Gasteiger partial charge is 0.481 e. The number of anilines is 2. The van der Waals surface area contributed by atoms with Crippen LogP contribution < -0.4 is 14.8 Å². The Labute approximate surface area is 160 Å². The van der Waals surface area contributed by atoms with Gasteiger partial charge >= 0.3 is 0 Å². The van der Waals surface area contributed by atoms with Crippen molar-refractivity contribution in [3.8, 4) is 5.88 Å². The first kappa shape index (κ1) is 19.2. The first-order valence-corrected chi connectivity index (χ1v) is 9.42. The van der Waals surface area contributed by atoms with Crippen molar-refractivity contribution < 1.29 is 22.3 Å². The summed E-state index contributed by atoms with van der Waals surface area (Å²) in [5, 5.41) is 2.51. The van der Waals surface area contributed by atoms with Gasteiger partial charge < -0.3 is 10.1 Å². The molecule has 0 atom stereocenters. The van der Waals surface area contributed by atoms with E-state index in [4.69, 9.17) is 4.74 Å². The molecule has 0 spiro atoms. The van der Waals surface area contributed by atoms with Crippen molar-refractivity contribution >= 4 is 27.4 Å². The van der Waals surface area contributed by atoms with E-state index in [2.05, 4.69) is 20.0 Å². The lowest BCUT2D eigenvalue weighted by molar-refractivity contribution is 0.102. The number of halogens is 1. The second kappa shape index (κ2) is 8.01. The highest BCUT2D eigenvalue weighted by molar-refractivity contribution is 7.92. The molecule has 144 valence electrons. The number of carbonyl (C=O) groups excluding carboxylic acids is 1. The number of methoxy groups -OCH3 is 1. The van der Waals surface area contributed by atoms with E-state index in [9.17, 15) is 17.6 Å². The fraction of sp³-hybridized carbons (Fsp3) is 0.0556. The van der Waals surface area contributed by atoms with Gasteiger partial charge in [-0.05, 0) is 36.4 Å². The second-order valence-corrected chi connectivity index (χ2v) is 7.19. The molecule has 8 nitrogen and oxygen atoms in total. The fourth-order valence-corrected chi connectivity index (χ4v) is 3.26. The Hall–Kier alpha value is -3.53. The summed E-state index contributed by atoms with van der Waals surface area (Å²) in [7, 11) is -2.51. The van der Waals surface area contributed by atoms with Gasteiger partial charge in [-0.3, -0.25) is 9.52 Å². The summed E-state index contributed by atoms with van der Waals surface area (Å²) in [6, 6.07) is 12.3. The van der Waals surface area contributed by atoms with Crippen LogP contribution in [0.2, 0.25) is 0 Å². The molecule has 1 amide bonds. The Morgan fingerprint density at radius 3 is 2.46 bits per heavy atom. The van der Waals surface area contributed by atoms with Gasteiger partial charge in [0, 0.05) is 11.8 Å². The number of carbonyl (C=O) groups is 1. The van der Waals surface area contributed by atoms with Crippen LogP contribution in [0.4, 0.5) is 15.9 Å². The lowest BCUT2D eigenvalue weighted by Gasteiger charge is -2.09. The first-order valence-electron chi connectivity index (χ1n) is 7.94. The molecule has 0 saturated heterocycles. The highest BCUT2D eigenvalue weighted by Gasteiger charge is 2.16. The van der Waals surface area contributed by atoms with E-state index in [0.717, 1.165) is 6.33 Å². The number of ether oxygens (including phenoxy) is 1. The Morgan fingerprint density at radius 2 is 1.79 bits per heavy atom. The molecular weight excluding hydrogens is 387 g/mol. The van der Waals surface area contributed by atoms with E-state index >= 15 is 0 Å². The SMILES string of the molecule is COc1cc(NS(=O)(=O)c2ccc(NC(=O)c3ccccc3F)cc2)ncn1. The van der Waals surface area contributed by atoms with Crippen molar-refractivity contribution in [3.63, 3.8) is 0 Å². The highest BCUT2D eigenvalue weighted by atomic mass is 32.2. The summed E-state index contributed by atoms with van der Waals surface area (Å²) >= 11 is 0. The van der Waals surface area contributed by atoms with Gasteiger partial charge in [0.15, 0.2) is 0 Å². The average molecular weight is 402 g/mol. The number of hydrogen-bond acceptors (Lipinski definition) is 6. The number of benzene rings is 2. The molecule has 0 fully saturated rings. The van der Waals surface area contributed by atoms with Crippen molar-refractivity contribution in [2.24, 2.45) is 0 Å². The lowest BCUT2D eigenvalue weighted by Crippen LogP contribution is -2.15. The van der Waals surface area contributed by atoms with Crippen molar-refractivity contribution in [1.29, 1.82) is 0 Å². The average Bonchev–Trinajstić information content (AvgIpc) is 2.68. The van der Waals surface area contributed by atoms with E-state index < -0.39 is 21.7 Å². The van der Waals surface area contributed by atoms with Crippen LogP contribution in [0.3, 0.4) is 0 Å². The summed E-state index contributed by atoms with van der Waals surface area (Å²) < 4.78 is 45.8. The van der Waals surface area contributed by atoms with E-state index in [0.29, 0.717) is 5.69 Å². The summed E-state index contributed by atoms with van der Waals surface area (Å²) in [4.78, 5) is 19.7. The van der Waals surface area contributed by atoms with Gasteiger partial charge in [-0.1, -0.05) is 12.1 Å². The van der Waals surface area contributed by atoms with E-state index in [1.807, 2.05) is 0 Å². The predicted molar refractivity (Wildman–Crippen MR) is 100 cm³/mol. The van der Waals surface area contributed by atoms with Gasteiger partial charge in [-0.15, -0.1) is 0 Å². The maximum Gasteiger partial charge on any atom is 0.263 e. The number of aromatic nitrogens is 2. The standard InChI is InChI=1S/C18H15FN4O4S/c1-27-17-10-16(20-11-21-17)23-28(25,26)13-8-6-12(7-9-13)22-18(24)14-4-2-3-5-15(14)19/h2-11H,1H3,(H,22,24)(H,20,21,23). The van der Waals surface area contributed by atoms with Gasteiger partial charge in [0.05, 0.1) is 17.6 Å². The molecule has 3 rings (SSSR count). The Morgan fingerprint density at radius 1 is 1.07 bits per heavy atom. The zero-order chi connectivity index (χ0) is 20.1. The molecule has 0 aliphatic rings. The van der Waals surface area contributed by atoms with Crippen molar-refractivity contribution in [2.45, 2.75) is 4.90 Å². The molecule has 28 heavy (non-hydrogen) atoms. The molecule has 0 unspecified atom stereocenters. The lowest BCUT2D eigenvalue weighted by atomic mass is 10.2. The van der Waals surface area contributed by atoms with Crippen LogP contribution in [0.15, 0.2) is 65.8 Å². The van der Waals surface area contributed by atoms with Gasteiger partial charge in [-0.2, -0.15) is 0 Å². The normalized spacial score (nSPS) is 10.9. The zero-order valence-corrected chi connectivity index (χ0v) is 15.4. The molecule has 2 N–H and O–H groups in total. The van der Waals surface area contributed by atoms with Crippen LogP contribution in [0.1, 0.15) is 10.4 Å². The molecule has 3 aromatic rings. The topological polar surface area (TPSA) is 110 Å². The summed E-state index contributed by atoms with van der Waals surface area (Å²) in [5.74, 6) is -1.04. The summed E-state index contributed by atoms with van der Waals surface area (Å²) in [6.45, 7) is 0. The van der Waals surface area contributed by atoms with Gasteiger partial charge in [0.25, 0.3) is 15.9 Å². The molecule has 0 radical (unpaired) electrons. The zero-order valence-electron chi connectivity index (χ0n) is 14.6. The van der Waals surface area contributed by atoms with Gasteiger partial charge in [0.2, 0.25) is 5.88 Å². The minimum Gasteiger partial charge on any atom is -0.481 e. The van der Waals surface area contributed by atoms with Crippen LogP contribution >= 0.6 is 0 Å². The van der Waals surface area contributed by atoms with Crippen molar-refractivity contribution in [2.75, 3.05) is 17.1 Å². The minimum atomic E-state index is -3.91. The van der Waals surface area contributed by atoms with E-state index in [1.54, 1.807) is 6.07 Å². The number of nitrogens with zero attached hydrogens (tertiary/aromatic N) is 2.